The predicted octanol–water partition coefficient (Wildman–Crippen LogP) is -2.82. The van der Waals surface area contributed by atoms with Gasteiger partial charge in [0.25, 0.3) is 0 Å². The topological polar surface area (TPSA) is 102 Å². The van der Waals surface area contributed by atoms with E-state index < -0.39 is 24.3 Å². The van der Waals surface area contributed by atoms with Crippen LogP contribution in [-0.2, 0) is 4.79 Å². The molecule has 6 nitrogen and oxygen atoms in total. The van der Waals surface area contributed by atoms with Crippen molar-refractivity contribution in [1.29, 1.82) is 0 Å². The lowest BCUT2D eigenvalue weighted by Crippen LogP contribution is -2.65. The summed E-state index contributed by atoms with van der Waals surface area (Å²) in [6, 6.07) is -1.04. The molecule has 1 fully saturated rings. The van der Waals surface area contributed by atoms with Gasteiger partial charge in [-0.05, 0) is 0 Å². The fourth-order valence-corrected chi connectivity index (χ4v) is 1.57. The summed E-state index contributed by atoms with van der Waals surface area (Å²) >= 11 is 0. The van der Waals surface area contributed by atoms with Crippen LogP contribution in [0.2, 0.25) is 0 Å². The molecular formula is C8H16N2O4. The molecule has 14 heavy (non-hydrogen) atoms. The zero-order chi connectivity index (χ0) is 10.7. The molecule has 1 rings (SSSR count). The molecule has 0 aromatic carbocycles. The third-order valence-corrected chi connectivity index (χ3v) is 2.36. The Labute approximate surface area is 81.9 Å². The lowest BCUT2D eigenvalue weighted by molar-refractivity contribution is -0.122. The second-order valence-electron chi connectivity index (χ2n) is 3.49. The Hall–Kier alpha value is -0.690. The Morgan fingerprint density at radius 1 is 1.50 bits per heavy atom. The summed E-state index contributed by atoms with van der Waals surface area (Å²) < 4.78 is 0. The minimum atomic E-state index is -1.06. The largest absolute Gasteiger partial charge is 0.395 e. The molecule has 5 N–H and O–H groups in total. The molecule has 1 aliphatic rings. The lowest BCUT2D eigenvalue weighted by atomic mass is 9.94. The molecule has 0 spiro atoms. The number of hydrogen-bond acceptors (Lipinski definition) is 5. The van der Waals surface area contributed by atoms with Crippen LogP contribution in [0.5, 0.6) is 0 Å². The van der Waals surface area contributed by atoms with E-state index in [4.69, 9.17) is 5.11 Å². The van der Waals surface area contributed by atoms with Crippen molar-refractivity contribution >= 4 is 5.91 Å². The molecule has 82 valence electrons. The van der Waals surface area contributed by atoms with Gasteiger partial charge in [-0.1, -0.05) is 0 Å². The van der Waals surface area contributed by atoms with Gasteiger partial charge in [0.1, 0.15) is 6.10 Å². The maximum absolute atomic E-state index is 10.7. The fraction of sp³-hybridized carbons (Fsp3) is 0.875. The van der Waals surface area contributed by atoms with E-state index >= 15 is 0 Å². The summed E-state index contributed by atoms with van der Waals surface area (Å²) in [5.74, 6) is -0.259. The summed E-state index contributed by atoms with van der Waals surface area (Å²) in [5, 5.41) is 33.2. The minimum Gasteiger partial charge on any atom is -0.395 e. The summed E-state index contributed by atoms with van der Waals surface area (Å²) in [6.07, 6.45) is -2.11. The fourth-order valence-electron chi connectivity index (χ4n) is 1.57. The molecule has 1 heterocycles. The quantitative estimate of drug-likeness (QED) is 0.334. The first-order chi connectivity index (χ1) is 6.56. The third kappa shape index (κ3) is 2.42. The van der Waals surface area contributed by atoms with E-state index in [0.29, 0.717) is 6.54 Å². The Morgan fingerprint density at radius 3 is 2.64 bits per heavy atom. The third-order valence-electron chi connectivity index (χ3n) is 2.36. The highest BCUT2D eigenvalue weighted by Crippen LogP contribution is 2.10. The van der Waals surface area contributed by atoms with Crippen molar-refractivity contribution < 1.29 is 20.1 Å². The van der Waals surface area contributed by atoms with Crippen molar-refractivity contribution in [2.45, 2.75) is 31.2 Å². The Bertz CT molecular complexity index is 212. The number of piperidine rings is 1. The number of hydrogen-bond donors (Lipinski definition) is 5. The number of aliphatic hydroxyl groups is 3. The number of carbonyl (C=O) groups excluding carboxylic acids is 1. The first-order valence-electron chi connectivity index (χ1n) is 4.53. The molecule has 0 aromatic heterocycles. The summed E-state index contributed by atoms with van der Waals surface area (Å²) in [4.78, 5) is 10.7. The molecule has 6 heteroatoms. The van der Waals surface area contributed by atoms with Crippen LogP contribution in [0.3, 0.4) is 0 Å². The van der Waals surface area contributed by atoms with Gasteiger partial charge in [0.05, 0.1) is 24.8 Å². The summed E-state index contributed by atoms with van der Waals surface area (Å²) in [6.45, 7) is 1.44. The molecule has 3 unspecified atom stereocenters. The van der Waals surface area contributed by atoms with Gasteiger partial charge in [-0.2, -0.15) is 0 Å². The highest BCUT2D eigenvalue weighted by atomic mass is 16.3. The van der Waals surface area contributed by atoms with Crippen LogP contribution in [0.25, 0.3) is 0 Å². The van der Waals surface area contributed by atoms with Crippen LogP contribution in [0.1, 0.15) is 6.92 Å². The standard InChI is InChI=1S/C8H16N2O4/c1-4(12)10-5-2-9-6(3-11)8(14)7(5)13/h5-9,11,13-14H,2-3H2,1H3,(H,10,12)/t5?,6?,7?,8-/m1/s1. The van der Waals surface area contributed by atoms with Crippen molar-refractivity contribution in [3.63, 3.8) is 0 Å². The van der Waals surface area contributed by atoms with Crippen LogP contribution >= 0.6 is 0 Å². The average molecular weight is 204 g/mol. The maximum Gasteiger partial charge on any atom is 0.217 e. The number of aliphatic hydroxyl groups excluding tert-OH is 3. The van der Waals surface area contributed by atoms with E-state index in [-0.39, 0.29) is 12.5 Å². The Morgan fingerprint density at radius 2 is 2.14 bits per heavy atom. The first kappa shape index (κ1) is 11.4. The van der Waals surface area contributed by atoms with Crippen molar-refractivity contribution in [3.05, 3.63) is 0 Å². The predicted molar refractivity (Wildman–Crippen MR) is 48.5 cm³/mol. The van der Waals surface area contributed by atoms with Gasteiger partial charge >= 0.3 is 0 Å². The molecule has 4 atom stereocenters. The van der Waals surface area contributed by atoms with Gasteiger partial charge in [-0.25, -0.2) is 0 Å². The zero-order valence-corrected chi connectivity index (χ0v) is 7.97. The number of rotatable bonds is 2. The van der Waals surface area contributed by atoms with Crippen molar-refractivity contribution in [2.75, 3.05) is 13.2 Å². The summed E-state index contributed by atoms with van der Waals surface area (Å²) in [7, 11) is 0. The van der Waals surface area contributed by atoms with Gasteiger partial charge < -0.3 is 26.0 Å². The smallest absolute Gasteiger partial charge is 0.217 e. The minimum absolute atomic E-state index is 0.245. The van der Waals surface area contributed by atoms with E-state index in [2.05, 4.69) is 10.6 Å². The van der Waals surface area contributed by atoms with Crippen LogP contribution in [0.4, 0.5) is 0 Å². The molecule has 0 bridgehead atoms. The molecule has 0 saturated carbocycles. The molecule has 1 amide bonds. The van der Waals surface area contributed by atoms with Gasteiger partial charge in [0.15, 0.2) is 0 Å². The molecule has 0 aromatic rings. The highest BCUT2D eigenvalue weighted by Gasteiger charge is 2.36. The van der Waals surface area contributed by atoms with E-state index in [1.54, 1.807) is 0 Å². The number of carbonyl (C=O) groups is 1. The first-order valence-corrected chi connectivity index (χ1v) is 4.53. The average Bonchev–Trinajstić information content (AvgIpc) is 2.13. The monoisotopic (exact) mass is 204 g/mol. The zero-order valence-electron chi connectivity index (χ0n) is 7.97. The van der Waals surface area contributed by atoms with E-state index in [9.17, 15) is 15.0 Å². The normalized spacial score (nSPS) is 38.0. The van der Waals surface area contributed by atoms with Gasteiger partial charge in [0, 0.05) is 13.5 Å². The lowest BCUT2D eigenvalue weighted by Gasteiger charge is -2.37. The van der Waals surface area contributed by atoms with Gasteiger partial charge in [-0.15, -0.1) is 0 Å². The molecular weight excluding hydrogens is 188 g/mol. The molecule has 1 aliphatic heterocycles. The Balaban J connectivity index is 2.54. The van der Waals surface area contributed by atoms with Crippen molar-refractivity contribution in [2.24, 2.45) is 0 Å². The van der Waals surface area contributed by atoms with Crippen LogP contribution in [0.15, 0.2) is 0 Å². The van der Waals surface area contributed by atoms with E-state index in [1.807, 2.05) is 0 Å². The van der Waals surface area contributed by atoms with Crippen LogP contribution in [0, 0.1) is 0 Å². The number of amides is 1. The highest BCUT2D eigenvalue weighted by molar-refractivity contribution is 5.73. The second-order valence-corrected chi connectivity index (χ2v) is 3.49. The van der Waals surface area contributed by atoms with E-state index in [0.717, 1.165) is 0 Å². The molecule has 0 aliphatic carbocycles. The van der Waals surface area contributed by atoms with Crippen molar-refractivity contribution in [1.82, 2.24) is 10.6 Å². The van der Waals surface area contributed by atoms with Gasteiger partial charge in [-0.3, -0.25) is 4.79 Å². The molecule has 1 saturated heterocycles. The van der Waals surface area contributed by atoms with E-state index in [1.165, 1.54) is 6.92 Å². The van der Waals surface area contributed by atoms with Crippen molar-refractivity contribution in [3.8, 4) is 0 Å². The second kappa shape index (κ2) is 4.70. The SMILES string of the molecule is CC(=O)NC1CNC(CO)[C@@H](O)C1O. The van der Waals surface area contributed by atoms with Crippen LogP contribution < -0.4 is 10.6 Å². The number of nitrogens with one attached hydrogen (secondary N) is 2. The summed E-state index contributed by atoms with van der Waals surface area (Å²) in [5.41, 5.74) is 0. The maximum atomic E-state index is 10.7. The molecule has 0 radical (unpaired) electrons. The van der Waals surface area contributed by atoms with Gasteiger partial charge in [0.2, 0.25) is 5.91 Å². The van der Waals surface area contributed by atoms with Crippen LogP contribution in [-0.4, -0.2) is 58.7 Å². The Kier molecular flexibility index (Phi) is 3.82.